The lowest BCUT2D eigenvalue weighted by molar-refractivity contribution is 0.903. The first-order chi connectivity index (χ1) is 15.4. The van der Waals surface area contributed by atoms with E-state index in [9.17, 15) is 0 Å². The van der Waals surface area contributed by atoms with Gasteiger partial charge in [-0.2, -0.15) is 5.10 Å². The fraction of sp³-hybridized carbons (Fsp3) is 0. The maximum atomic E-state index is 5.00. The molecule has 0 aliphatic heterocycles. The maximum absolute atomic E-state index is 5.00. The molecule has 0 N–H and O–H groups in total. The van der Waals surface area contributed by atoms with Crippen molar-refractivity contribution in [2.75, 3.05) is 0 Å². The number of benzene rings is 2. The Morgan fingerprint density at radius 2 is 1.52 bits per heavy atom. The summed E-state index contributed by atoms with van der Waals surface area (Å²) < 4.78 is 1.92. The van der Waals surface area contributed by atoms with Gasteiger partial charge in [-0.05, 0) is 54.1 Å². The van der Waals surface area contributed by atoms with E-state index in [0.29, 0.717) is 0 Å². The largest absolute Gasteiger partial charge is 0.265 e. The molecule has 5 heteroatoms. The molecule has 0 radical (unpaired) electrons. The van der Waals surface area contributed by atoms with Crippen LogP contribution in [-0.2, 0) is 0 Å². The first kappa shape index (κ1) is 17.5. The molecule has 0 aliphatic rings. The fourth-order valence-corrected chi connectivity index (χ4v) is 3.89. The normalized spacial score (nSPS) is 11.2. The molecule has 0 fully saturated rings. The lowest BCUT2D eigenvalue weighted by Crippen LogP contribution is -1.97. The summed E-state index contributed by atoms with van der Waals surface area (Å²) in [6.45, 7) is 0. The van der Waals surface area contributed by atoms with Crippen LogP contribution >= 0.6 is 0 Å². The van der Waals surface area contributed by atoms with E-state index in [0.717, 1.165) is 50.0 Å². The molecule has 0 saturated carbocycles. The number of rotatable bonds is 3. The highest BCUT2D eigenvalue weighted by Crippen LogP contribution is 2.32. The third kappa shape index (κ3) is 3.04. The molecule has 0 spiro atoms. The molecule has 31 heavy (non-hydrogen) atoms. The van der Waals surface area contributed by atoms with Gasteiger partial charge in [-0.15, -0.1) is 0 Å². The van der Waals surface area contributed by atoms with Gasteiger partial charge in [0.15, 0.2) is 5.65 Å². The van der Waals surface area contributed by atoms with Crippen molar-refractivity contribution >= 4 is 21.9 Å². The highest BCUT2D eigenvalue weighted by molar-refractivity contribution is 6.00. The van der Waals surface area contributed by atoms with Crippen LogP contribution in [0, 0.1) is 0 Å². The lowest BCUT2D eigenvalue weighted by Gasteiger charge is -2.06. The molecular weight excluding hydrogens is 382 g/mol. The molecule has 5 nitrogen and oxygen atoms in total. The van der Waals surface area contributed by atoms with E-state index in [1.165, 1.54) is 0 Å². The summed E-state index contributed by atoms with van der Waals surface area (Å²) >= 11 is 0. The predicted octanol–water partition coefficient (Wildman–Crippen LogP) is 5.70. The Hall–Kier alpha value is -4.38. The monoisotopic (exact) mass is 399 g/mol. The van der Waals surface area contributed by atoms with Crippen molar-refractivity contribution in [1.29, 1.82) is 0 Å². The van der Waals surface area contributed by atoms with Crippen LogP contribution in [0.3, 0.4) is 0 Å². The lowest BCUT2D eigenvalue weighted by atomic mass is 10.0. The predicted molar refractivity (Wildman–Crippen MR) is 123 cm³/mol. The average molecular weight is 399 g/mol. The second-order valence-electron chi connectivity index (χ2n) is 7.34. The fourth-order valence-electron chi connectivity index (χ4n) is 3.89. The van der Waals surface area contributed by atoms with E-state index >= 15 is 0 Å². The highest BCUT2D eigenvalue weighted by Gasteiger charge is 2.16. The SMILES string of the molecule is c1ccc(-n2nc(-c3ccncc3)c3cc4cc(-c5cccnc5)ccc4nc32)cc1. The van der Waals surface area contributed by atoms with Gasteiger partial charge in [-0.3, -0.25) is 9.97 Å². The maximum Gasteiger partial charge on any atom is 0.164 e. The molecule has 4 aromatic heterocycles. The summed E-state index contributed by atoms with van der Waals surface area (Å²) in [6.07, 6.45) is 7.24. The number of hydrogen-bond acceptors (Lipinski definition) is 4. The average Bonchev–Trinajstić information content (AvgIpc) is 3.22. The second kappa shape index (κ2) is 7.15. The van der Waals surface area contributed by atoms with Gasteiger partial charge in [-0.25, -0.2) is 9.67 Å². The number of fused-ring (bicyclic) bond motifs is 2. The molecule has 0 amide bonds. The van der Waals surface area contributed by atoms with Crippen molar-refractivity contribution < 1.29 is 0 Å². The zero-order chi connectivity index (χ0) is 20.6. The first-order valence-electron chi connectivity index (χ1n) is 10.1. The minimum absolute atomic E-state index is 0.833. The summed E-state index contributed by atoms with van der Waals surface area (Å²) in [5.74, 6) is 0. The summed E-state index contributed by atoms with van der Waals surface area (Å²) in [5, 5.41) is 7.02. The smallest absolute Gasteiger partial charge is 0.164 e. The zero-order valence-electron chi connectivity index (χ0n) is 16.6. The van der Waals surface area contributed by atoms with Gasteiger partial charge in [0.2, 0.25) is 0 Å². The topological polar surface area (TPSA) is 56.5 Å². The van der Waals surface area contributed by atoms with Gasteiger partial charge in [0.05, 0.1) is 11.2 Å². The Bertz CT molecular complexity index is 1510. The van der Waals surface area contributed by atoms with E-state index in [1.54, 1.807) is 18.6 Å². The van der Waals surface area contributed by atoms with E-state index in [-0.39, 0.29) is 0 Å². The van der Waals surface area contributed by atoms with Gasteiger partial charge < -0.3 is 0 Å². The number of aromatic nitrogens is 5. The van der Waals surface area contributed by atoms with Gasteiger partial charge in [0.1, 0.15) is 5.69 Å². The summed E-state index contributed by atoms with van der Waals surface area (Å²) in [4.78, 5) is 13.4. The number of nitrogens with zero attached hydrogens (tertiary/aromatic N) is 5. The van der Waals surface area contributed by atoms with Crippen LogP contribution in [0.4, 0.5) is 0 Å². The quantitative estimate of drug-likeness (QED) is 0.383. The van der Waals surface area contributed by atoms with Crippen molar-refractivity contribution in [2.45, 2.75) is 0 Å². The Morgan fingerprint density at radius 3 is 2.32 bits per heavy atom. The molecule has 2 aromatic carbocycles. The third-order valence-corrected chi connectivity index (χ3v) is 5.40. The number of pyridine rings is 3. The van der Waals surface area contributed by atoms with Crippen LogP contribution in [-0.4, -0.2) is 24.7 Å². The second-order valence-corrected chi connectivity index (χ2v) is 7.34. The molecule has 0 atom stereocenters. The van der Waals surface area contributed by atoms with Crippen molar-refractivity contribution in [3.8, 4) is 28.1 Å². The van der Waals surface area contributed by atoms with Crippen molar-refractivity contribution in [3.05, 3.63) is 104 Å². The molecule has 146 valence electrons. The van der Waals surface area contributed by atoms with Crippen molar-refractivity contribution in [2.24, 2.45) is 0 Å². The Kier molecular flexibility index (Phi) is 4.03. The Balaban J connectivity index is 1.64. The summed E-state index contributed by atoms with van der Waals surface area (Å²) in [5.41, 5.74) is 6.84. The molecular formula is C26H17N5. The van der Waals surface area contributed by atoms with Crippen LogP contribution in [0.15, 0.2) is 104 Å². The van der Waals surface area contributed by atoms with Gasteiger partial charge in [0.25, 0.3) is 0 Å². The highest BCUT2D eigenvalue weighted by atomic mass is 15.3. The van der Waals surface area contributed by atoms with Gasteiger partial charge in [-0.1, -0.05) is 30.3 Å². The third-order valence-electron chi connectivity index (χ3n) is 5.40. The molecule has 6 rings (SSSR count). The van der Waals surface area contributed by atoms with E-state index in [1.807, 2.05) is 59.4 Å². The summed E-state index contributed by atoms with van der Waals surface area (Å²) in [6, 6.07) is 26.6. The minimum Gasteiger partial charge on any atom is -0.265 e. The van der Waals surface area contributed by atoms with Crippen LogP contribution < -0.4 is 0 Å². The van der Waals surface area contributed by atoms with E-state index in [2.05, 4.69) is 40.3 Å². The molecule has 4 heterocycles. The standard InChI is InChI=1S/C26H17N5/c1-2-6-22(7-3-1)31-26-23(25(30-31)18-10-13-27-14-11-18)16-21-15-19(8-9-24(21)29-26)20-5-4-12-28-17-20/h1-17H. The molecule has 0 saturated heterocycles. The van der Waals surface area contributed by atoms with Crippen LogP contribution in [0.1, 0.15) is 0 Å². The van der Waals surface area contributed by atoms with Crippen LogP contribution in [0.25, 0.3) is 50.0 Å². The number of hydrogen-bond donors (Lipinski definition) is 0. The molecule has 6 aromatic rings. The van der Waals surface area contributed by atoms with Crippen LogP contribution in [0.2, 0.25) is 0 Å². The molecule has 0 aliphatic carbocycles. The van der Waals surface area contributed by atoms with Crippen molar-refractivity contribution in [1.82, 2.24) is 24.7 Å². The summed E-state index contributed by atoms with van der Waals surface area (Å²) in [7, 11) is 0. The Morgan fingerprint density at radius 1 is 0.645 bits per heavy atom. The Labute approximate surface area is 178 Å². The van der Waals surface area contributed by atoms with Gasteiger partial charge in [0, 0.05) is 46.7 Å². The molecule has 0 bridgehead atoms. The molecule has 0 unspecified atom stereocenters. The van der Waals surface area contributed by atoms with Crippen molar-refractivity contribution in [3.63, 3.8) is 0 Å². The number of para-hydroxylation sites is 1. The van der Waals surface area contributed by atoms with Crippen LogP contribution in [0.5, 0.6) is 0 Å². The zero-order valence-corrected chi connectivity index (χ0v) is 16.6. The minimum atomic E-state index is 0.833. The van der Waals surface area contributed by atoms with E-state index in [4.69, 9.17) is 10.1 Å². The van der Waals surface area contributed by atoms with Gasteiger partial charge >= 0.3 is 0 Å². The first-order valence-corrected chi connectivity index (χ1v) is 10.1. The van der Waals surface area contributed by atoms with E-state index < -0.39 is 0 Å².